The second kappa shape index (κ2) is 12.6. The Bertz CT molecular complexity index is 439. The molecule has 0 spiro atoms. The maximum Gasteiger partial charge on any atom is 0.409 e. The molecule has 0 aromatic rings. The van der Waals surface area contributed by atoms with Gasteiger partial charge >= 0.3 is 6.09 Å². The number of guanidine groups is 1. The molecule has 2 aliphatic rings. The Labute approximate surface area is 175 Å². The number of halogens is 1. The molecule has 2 atom stereocenters. The van der Waals surface area contributed by atoms with Crippen LogP contribution in [0, 0.1) is 11.8 Å². The number of ether oxygens (including phenoxy) is 1. The van der Waals surface area contributed by atoms with Gasteiger partial charge in [-0.3, -0.25) is 4.99 Å². The molecular weight excluding hydrogens is 443 g/mol. The van der Waals surface area contributed by atoms with E-state index in [9.17, 15) is 4.79 Å². The van der Waals surface area contributed by atoms with Crippen LogP contribution >= 0.6 is 24.0 Å². The molecule has 0 radical (unpaired) electrons. The van der Waals surface area contributed by atoms with Crippen LogP contribution < -0.4 is 10.6 Å². The first kappa shape index (κ1) is 23.3. The van der Waals surface area contributed by atoms with Crippen molar-refractivity contribution >= 4 is 36.0 Å². The summed E-state index contributed by atoms with van der Waals surface area (Å²) in [5, 5.41) is 6.93. The molecule has 6 nitrogen and oxygen atoms in total. The molecular formula is C19H37IN4O2. The Morgan fingerprint density at radius 3 is 2.54 bits per heavy atom. The fourth-order valence-electron chi connectivity index (χ4n) is 3.88. The second-order valence-corrected chi connectivity index (χ2v) is 7.46. The van der Waals surface area contributed by atoms with Gasteiger partial charge in [-0.15, -0.1) is 24.0 Å². The number of likely N-dealkylation sites (tertiary alicyclic amines) is 1. The Morgan fingerprint density at radius 1 is 1.19 bits per heavy atom. The molecule has 0 aromatic carbocycles. The van der Waals surface area contributed by atoms with Gasteiger partial charge in [0.15, 0.2) is 5.96 Å². The van der Waals surface area contributed by atoms with E-state index in [4.69, 9.17) is 9.73 Å². The van der Waals surface area contributed by atoms with E-state index >= 15 is 0 Å². The molecule has 26 heavy (non-hydrogen) atoms. The van der Waals surface area contributed by atoms with Gasteiger partial charge in [-0.1, -0.05) is 19.8 Å². The minimum atomic E-state index is -0.187. The lowest BCUT2D eigenvalue weighted by molar-refractivity contribution is 0.0963. The largest absolute Gasteiger partial charge is 0.450 e. The molecule has 1 amide bonds. The average molecular weight is 480 g/mol. The zero-order valence-electron chi connectivity index (χ0n) is 16.6. The third-order valence-electron chi connectivity index (χ3n) is 5.26. The van der Waals surface area contributed by atoms with E-state index in [0.717, 1.165) is 56.8 Å². The lowest BCUT2D eigenvalue weighted by Crippen LogP contribution is -2.50. The summed E-state index contributed by atoms with van der Waals surface area (Å²) in [4.78, 5) is 18.4. The molecule has 0 aromatic heterocycles. The van der Waals surface area contributed by atoms with Crippen LogP contribution in [0.15, 0.2) is 4.99 Å². The summed E-state index contributed by atoms with van der Waals surface area (Å²) in [5.74, 6) is 2.50. The molecule has 1 aliphatic heterocycles. The van der Waals surface area contributed by atoms with E-state index < -0.39 is 0 Å². The summed E-state index contributed by atoms with van der Waals surface area (Å²) in [7, 11) is 0. The van der Waals surface area contributed by atoms with Crippen LogP contribution in [0.5, 0.6) is 0 Å². The molecule has 2 fully saturated rings. The van der Waals surface area contributed by atoms with Crippen molar-refractivity contribution in [2.45, 2.75) is 65.3 Å². The maximum atomic E-state index is 11.8. The molecule has 2 rings (SSSR count). The number of carbonyl (C=O) groups is 1. The van der Waals surface area contributed by atoms with Gasteiger partial charge in [0, 0.05) is 32.2 Å². The smallest absolute Gasteiger partial charge is 0.409 e. The standard InChI is InChI=1S/C19H36N4O2.HI/c1-4-20-18(21-14-16-8-6-7-15(3)13-16)22-17-9-11-23(12-10-17)19(24)25-5-2;/h15-17H,4-14H2,1-3H3,(H2,20,21,22);1H. The van der Waals surface area contributed by atoms with Gasteiger partial charge in [0.25, 0.3) is 0 Å². The van der Waals surface area contributed by atoms with E-state index in [1.54, 1.807) is 4.90 Å². The molecule has 2 unspecified atom stereocenters. The first-order valence-corrected chi connectivity index (χ1v) is 10.1. The summed E-state index contributed by atoms with van der Waals surface area (Å²) in [5.41, 5.74) is 0. The Morgan fingerprint density at radius 2 is 1.92 bits per heavy atom. The number of piperidine rings is 1. The first-order chi connectivity index (χ1) is 12.1. The lowest BCUT2D eigenvalue weighted by Gasteiger charge is -2.32. The minimum Gasteiger partial charge on any atom is -0.450 e. The molecule has 2 N–H and O–H groups in total. The summed E-state index contributed by atoms with van der Waals surface area (Å²) in [6.07, 6.45) is 7.02. The van der Waals surface area contributed by atoms with Crippen molar-refractivity contribution in [3.63, 3.8) is 0 Å². The molecule has 152 valence electrons. The first-order valence-electron chi connectivity index (χ1n) is 10.1. The molecule has 0 bridgehead atoms. The predicted molar refractivity (Wildman–Crippen MR) is 117 cm³/mol. The monoisotopic (exact) mass is 480 g/mol. The fourth-order valence-corrected chi connectivity index (χ4v) is 3.88. The highest BCUT2D eigenvalue weighted by molar-refractivity contribution is 14.0. The third-order valence-corrected chi connectivity index (χ3v) is 5.26. The van der Waals surface area contributed by atoms with Gasteiger partial charge in [-0.05, 0) is 51.4 Å². The van der Waals surface area contributed by atoms with Crippen molar-refractivity contribution in [3.05, 3.63) is 0 Å². The van der Waals surface area contributed by atoms with E-state index in [1.165, 1.54) is 25.7 Å². The summed E-state index contributed by atoms with van der Waals surface area (Å²) >= 11 is 0. The van der Waals surface area contributed by atoms with Crippen molar-refractivity contribution < 1.29 is 9.53 Å². The number of rotatable bonds is 5. The van der Waals surface area contributed by atoms with Gasteiger partial charge in [-0.2, -0.15) is 0 Å². The molecule has 7 heteroatoms. The van der Waals surface area contributed by atoms with Crippen molar-refractivity contribution in [2.24, 2.45) is 16.8 Å². The van der Waals surface area contributed by atoms with E-state index in [2.05, 4.69) is 24.5 Å². The van der Waals surface area contributed by atoms with Gasteiger partial charge in [0.2, 0.25) is 0 Å². The normalized spacial score (nSPS) is 24.6. The zero-order chi connectivity index (χ0) is 18.1. The highest BCUT2D eigenvalue weighted by Gasteiger charge is 2.24. The van der Waals surface area contributed by atoms with Crippen LogP contribution in [-0.2, 0) is 4.74 Å². The Hall–Kier alpha value is -0.730. The quantitative estimate of drug-likeness (QED) is 0.359. The number of hydrogen-bond donors (Lipinski definition) is 2. The van der Waals surface area contributed by atoms with Gasteiger partial charge in [0.1, 0.15) is 0 Å². The number of nitrogens with zero attached hydrogens (tertiary/aromatic N) is 2. The molecule has 1 aliphatic carbocycles. The number of hydrogen-bond acceptors (Lipinski definition) is 3. The van der Waals surface area contributed by atoms with Gasteiger partial charge in [-0.25, -0.2) is 4.79 Å². The number of amides is 1. The highest BCUT2D eigenvalue weighted by Crippen LogP contribution is 2.28. The molecule has 1 heterocycles. The van der Waals surface area contributed by atoms with Crippen molar-refractivity contribution in [3.8, 4) is 0 Å². The second-order valence-electron chi connectivity index (χ2n) is 7.46. The summed E-state index contributed by atoms with van der Waals surface area (Å²) in [6, 6.07) is 0.369. The van der Waals surface area contributed by atoms with Crippen molar-refractivity contribution in [2.75, 3.05) is 32.8 Å². The lowest BCUT2D eigenvalue weighted by atomic mass is 9.82. The van der Waals surface area contributed by atoms with Crippen molar-refractivity contribution in [1.29, 1.82) is 0 Å². The van der Waals surface area contributed by atoms with Crippen molar-refractivity contribution in [1.82, 2.24) is 15.5 Å². The number of aliphatic imine (C=N–C) groups is 1. The predicted octanol–water partition coefficient (Wildman–Crippen LogP) is 3.61. The topological polar surface area (TPSA) is 66.0 Å². The SMILES string of the molecule is CCNC(=NCC1CCCC(C)C1)NC1CCN(C(=O)OCC)CC1.I. The van der Waals surface area contributed by atoms with Gasteiger partial charge in [0.05, 0.1) is 6.61 Å². The van der Waals surface area contributed by atoms with Crippen LogP contribution in [0.1, 0.15) is 59.3 Å². The summed E-state index contributed by atoms with van der Waals surface area (Å²) < 4.78 is 5.08. The number of nitrogens with one attached hydrogen (secondary N) is 2. The maximum absolute atomic E-state index is 11.8. The van der Waals surface area contributed by atoms with Gasteiger partial charge < -0.3 is 20.3 Å². The van der Waals surface area contributed by atoms with E-state index in [1.807, 2.05) is 6.92 Å². The Kier molecular flexibility index (Phi) is 11.3. The fraction of sp³-hybridized carbons (Fsp3) is 0.895. The molecule has 1 saturated heterocycles. The summed E-state index contributed by atoms with van der Waals surface area (Å²) in [6.45, 7) is 10.0. The van der Waals surface area contributed by atoms with Crippen LogP contribution in [0.3, 0.4) is 0 Å². The zero-order valence-corrected chi connectivity index (χ0v) is 19.0. The van der Waals surface area contributed by atoms with Crippen LogP contribution in [0.2, 0.25) is 0 Å². The molecule has 1 saturated carbocycles. The van der Waals surface area contributed by atoms with Crippen LogP contribution in [0.25, 0.3) is 0 Å². The third kappa shape index (κ3) is 7.88. The van der Waals surface area contributed by atoms with E-state index in [-0.39, 0.29) is 30.1 Å². The average Bonchev–Trinajstić information content (AvgIpc) is 2.61. The highest BCUT2D eigenvalue weighted by atomic mass is 127. The van der Waals surface area contributed by atoms with Crippen LogP contribution in [-0.4, -0.2) is 55.8 Å². The minimum absolute atomic E-state index is 0. The van der Waals surface area contributed by atoms with Crippen LogP contribution in [0.4, 0.5) is 4.79 Å². The Balaban J connectivity index is 0.00000338. The van der Waals surface area contributed by atoms with E-state index in [0.29, 0.717) is 12.6 Å². The number of carbonyl (C=O) groups excluding carboxylic acids is 1.